The molecule has 0 aliphatic rings. The van der Waals surface area contributed by atoms with Crippen LogP contribution in [0.5, 0.6) is 0 Å². The average Bonchev–Trinajstić information content (AvgIpc) is 0.918. The molecule has 0 aromatic carbocycles. The molecule has 0 bridgehead atoms. The minimum atomic E-state index is 0. The minimum Gasteiger partial charge on any atom is -0.647 e. The van der Waals surface area contributed by atoms with Crippen molar-refractivity contribution in [1.82, 2.24) is 0 Å². The van der Waals surface area contributed by atoms with E-state index in [0.717, 1.165) is 33.2 Å². The van der Waals surface area contributed by atoms with E-state index in [0.29, 0.717) is 0 Å². The summed E-state index contributed by atoms with van der Waals surface area (Å²) in [5.74, 6) is 0. The molecule has 0 aromatic rings. The van der Waals surface area contributed by atoms with Crippen molar-refractivity contribution in [2.24, 2.45) is 0 Å². The van der Waals surface area contributed by atoms with Crippen LogP contribution >= 0.6 is 0 Å². The molecule has 28 valence electrons. The Kier molecular flexibility index (Phi) is 54.6. The largest absolute Gasteiger partial charge is 0.647 e. The van der Waals surface area contributed by atoms with Gasteiger partial charge in [0.25, 0.3) is 0 Å². The van der Waals surface area contributed by atoms with E-state index in [-0.39, 0.29) is 29.1 Å². The van der Waals surface area contributed by atoms with E-state index in [1.54, 1.807) is 0 Å². The van der Waals surface area contributed by atoms with E-state index in [1.165, 1.54) is 0 Å². The molecule has 4 heteroatoms. The standard InChI is InChI=1S/CH3.2Al.O.Ti.4H/h1H3;;;;;;;;/q-1;;;;;;;;. The molecule has 1 nitrogen and oxygen atoms in total. The summed E-state index contributed by atoms with van der Waals surface area (Å²) in [5.41, 5.74) is 0. The molecule has 0 heterocycles. The van der Waals surface area contributed by atoms with Crippen molar-refractivity contribution in [3.05, 3.63) is 7.43 Å². The summed E-state index contributed by atoms with van der Waals surface area (Å²) in [6.07, 6.45) is 0. The van der Waals surface area contributed by atoms with Crippen LogP contribution in [-0.4, -0.2) is 33.2 Å². The first kappa shape index (κ1) is 15.9. The molecule has 0 fully saturated rings. The van der Waals surface area contributed by atoms with E-state index < -0.39 is 0 Å². The van der Waals surface area contributed by atoms with Crippen LogP contribution in [0.15, 0.2) is 0 Å². The Morgan fingerprint density at radius 3 is 1.20 bits per heavy atom. The molecular weight excluding hydrogens is 130 g/mol. The SMILES string of the molecule is [AlH2][O][AlH2].[CH3-].[Ti]. The number of rotatable bonds is 0. The molecule has 0 saturated heterocycles. The second kappa shape index (κ2) is 17.2. The zero-order valence-electron chi connectivity index (χ0n) is 3.91. The second-order valence-electron chi connectivity index (χ2n) is 0.408. The van der Waals surface area contributed by atoms with Crippen LogP contribution in [0.2, 0.25) is 0 Å². The van der Waals surface area contributed by atoms with Crippen LogP contribution in [0, 0.1) is 7.43 Å². The van der Waals surface area contributed by atoms with E-state index in [1.807, 2.05) is 0 Å². The summed E-state index contributed by atoms with van der Waals surface area (Å²) >= 11 is 1.86. The summed E-state index contributed by atoms with van der Waals surface area (Å²) < 4.78 is 4.53. The van der Waals surface area contributed by atoms with Crippen molar-refractivity contribution >= 4 is 33.2 Å². The van der Waals surface area contributed by atoms with Gasteiger partial charge in [0.1, 0.15) is 0 Å². The Labute approximate surface area is 64.9 Å². The smallest absolute Gasteiger partial charge is 0.379 e. The fraction of sp³-hybridized carbons (Fsp3) is 0. The van der Waals surface area contributed by atoms with Crippen LogP contribution in [0.3, 0.4) is 0 Å². The van der Waals surface area contributed by atoms with Crippen molar-refractivity contribution in [1.29, 1.82) is 0 Å². The maximum Gasteiger partial charge on any atom is 0.379 e. The van der Waals surface area contributed by atoms with Crippen LogP contribution in [0.1, 0.15) is 0 Å². The Balaban J connectivity index is -0.0000000200. The molecule has 0 aliphatic heterocycles. The van der Waals surface area contributed by atoms with E-state index in [9.17, 15) is 0 Å². The minimum absolute atomic E-state index is 0. The van der Waals surface area contributed by atoms with E-state index in [4.69, 9.17) is 0 Å². The van der Waals surface area contributed by atoms with Gasteiger partial charge in [0, 0.05) is 21.7 Å². The van der Waals surface area contributed by atoms with Gasteiger partial charge in [-0.15, -0.1) is 0 Å². The van der Waals surface area contributed by atoms with Crippen LogP contribution in [-0.2, 0) is 24.6 Å². The molecule has 0 saturated carbocycles. The van der Waals surface area contributed by atoms with Crippen LogP contribution in [0.25, 0.3) is 0 Å². The van der Waals surface area contributed by atoms with Gasteiger partial charge in [0.2, 0.25) is 0 Å². The Morgan fingerprint density at radius 2 is 1.20 bits per heavy atom. The third-order valence-electron chi connectivity index (χ3n) is 0. The summed E-state index contributed by atoms with van der Waals surface area (Å²) in [6.45, 7) is 0. The van der Waals surface area contributed by atoms with Crippen molar-refractivity contribution in [2.75, 3.05) is 0 Å². The molecule has 0 rings (SSSR count). The average molecular weight is 137 g/mol. The number of hydrogen-bond acceptors (Lipinski definition) is 1. The molecule has 0 aromatic heterocycles. The maximum atomic E-state index is 4.53. The van der Waals surface area contributed by atoms with Gasteiger partial charge in [-0.3, -0.25) is 0 Å². The molecule has 0 radical (unpaired) electrons. The molecule has 0 atom stereocenters. The monoisotopic (exact) mass is 137 g/mol. The molecular formula is CH7Al2OTi-. The molecule has 0 spiro atoms. The fourth-order valence-electron chi connectivity index (χ4n) is 0. The van der Waals surface area contributed by atoms with Crippen molar-refractivity contribution in [3.63, 3.8) is 0 Å². The fourth-order valence-corrected chi connectivity index (χ4v) is 0. The number of hydrogen-bond donors (Lipinski definition) is 0. The predicted molar refractivity (Wildman–Crippen MR) is 24.6 cm³/mol. The summed E-state index contributed by atoms with van der Waals surface area (Å²) in [6, 6.07) is 0. The third-order valence-corrected chi connectivity index (χ3v) is 0. The van der Waals surface area contributed by atoms with Crippen LogP contribution < -0.4 is 0 Å². The Bertz CT molecular complexity index is 9.61. The first-order valence-electron chi connectivity index (χ1n) is 0.816. The second-order valence-corrected chi connectivity index (χ2v) is 3.67. The van der Waals surface area contributed by atoms with Gasteiger partial charge >= 0.3 is 33.2 Å². The first-order valence-corrected chi connectivity index (χ1v) is 2.45. The zero-order valence-corrected chi connectivity index (χ0v) is 9.47. The van der Waals surface area contributed by atoms with Crippen molar-refractivity contribution in [2.45, 2.75) is 0 Å². The summed E-state index contributed by atoms with van der Waals surface area (Å²) in [5, 5.41) is 0. The van der Waals surface area contributed by atoms with E-state index in [2.05, 4.69) is 2.84 Å². The van der Waals surface area contributed by atoms with Gasteiger partial charge in [-0.05, 0) is 0 Å². The Morgan fingerprint density at radius 1 is 1.20 bits per heavy atom. The third kappa shape index (κ3) is 26.5. The Hall–Kier alpha value is 1.74. The quantitative estimate of drug-likeness (QED) is 0.293. The van der Waals surface area contributed by atoms with E-state index >= 15 is 0 Å². The normalized spacial score (nSPS) is 3.20. The topological polar surface area (TPSA) is 9.23 Å². The van der Waals surface area contributed by atoms with Gasteiger partial charge in [0.05, 0.1) is 0 Å². The molecule has 0 unspecified atom stereocenters. The zero-order chi connectivity index (χ0) is 2.71. The van der Waals surface area contributed by atoms with Crippen LogP contribution in [0.4, 0.5) is 0 Å². The molecule has 0 N–H and O–H groups in total. The molecule has 5 heavy (non-hydrogen) atoms. The van der Waals surface area contributed by atoms with Gasteiger partial charge in [-0.25, -0.2) is 0 Å². The first-order chi connectivity index (χ1) is 1.41. The van der Waals surface area contributed by atoms with Gasteiger partial charge in [0.15, 0.2) is 0 Å². The summed E-state index contributed by atoms with van der Waals surface area (Å²) in [7, 11) is 0. The molecule has 0 aliphatic carbocycles. The predicted octanol–water partition coefficient (Wildman–Crippen LogP) is -1.45. The van der Waals surface area contributed by atoms with Crippen molar-refractivity contribution < 1.29 is 24.6 Å². The maximum absolute atomic E-state index is 4.53. The summed E-state index contributed by atoms with van der Waals surface area (Å²) in [4.78, 5) is 0. The van der Waals surface area contributed by atoms with Gasteiger partial charge < -0.3 is 10.3 Å². The van der Waals surface area contributed by atoms with Crippen molar-refractivity contribution in [3.8, 4) is 0 Å². The molecule has 0 amide bonds. The van der Waals surface area contributed by atoms with Gasteiger partial charge in [-0.2, -0.15) is 0 Å². The van der Waals surface area contributed by atoms with Gasteiger partial charge in [-0.1, -0.05) is 0 Å².